The minimum Gasteiger partial charge on any atom is -0.292 e. The molecule has 0 radical (unpaired) electrons. The normalized spacial score (nSPS) is 24.8. The highest BCUT2D eigenvalue weighted by atomic mass is 19.1. The summed E-state index contributed by atoms with van der Waals surface area (Å²) in [5.41, 5.74) is 2.07. The first-order chi connectivity index (χ1) is 16.5. The minimum absolute atomic E-state index is 0.223. The molecule has 0 saturated carbocycles. The number of amides is 2. The van der Waals surface area contributed by atoms with Crippen LogP contribution in [0.3, 0.4) is 0 Å². The zero-order chi connectivity index (χ0) is 23.6. The maximum absolute atomic E-state index is 13.7. The molecular formula is C26H17F2N3O3. The van der Waals surface area contributed by atoms with Crippen LogP contribution in [0.1, 0.15) is 27.5 Å². The number of anilines is 1. The first-order valence-corrected chi connectivity index (χ1v) is 10.8. The van der Waals surface area contributed by atoms with Crippen LogP contribution in [-0.2, 0) is 9.59 Å². The van der Waals surface area contributed by atoms with Gasteiger partial charge >= 0.3 is 0 Å². The number of Topliss-reactive ketones (excluding diaryl/α,β-unsaturated/α-hetero) is 1. The monoisotopic (exact) mass is 457 g/mol. The number of rotatable bonds is 3. The van der Waals surface area contributed by atoms with E-state index >= 15 is 0 Å². The molecule has 2 fully saturated rings. The van der Waals surface area contributed by atoms with Gasteiger partial charge in [-0.3, -0.25) is 19.4 Å². The van der Waals surface area contributed by atoms with E-state index in [0.29, 0.717) is 0 Å². The number of halogens is 2. The van der Waals surface area contributed by atoms with Crippen molar-refractivity contribution in [2.75, 3.05) is 4.90 Å². The van der Waals surface area contributed by atoms with Crippen molar-refractivity contribution >= 4 is 29.5 Å². The zero-order valence-corrected chi connectivity index (χ0v) is 17.6. The van der Waals surface area contributed by atoms with E-state index in [4.69, 9.17) is 0 Å². The van der Waals surface area contributed by atoms with Crippen LogP contribution in [-0.4, -0.2) is 34.9 Å². The van der Waals surface area contributed by atoms with Gasteiger partial charge in [0.2, 0.25) is 11.8 Å². The highest BCUT2D eigenvalue weighted by molar-refractivity contribution is 6.24. The van der Waals surface area contributed by atoms with Gasteiger partial charge in [0.05, 0.1) is 29.8 Å². The van der Waals surface area contributed by atoms with Crippen LogP contribution in [0.5, 0.6) is 0 Å². The van der Waals surface area contributed by atoms with Gasteiger partial charge in [-0.1, -0.05) is 24.3 Å². The van der Waals surface area contributed by atoms with Gasteiger partial charge in [0, 0.05) is 5.56 Å². The number of hydrazone groups is 1. The molecule has 3 aromatic carbocycles. The second-order valence-corrected chi connectivity index (χ2v) is 8.55. The van der Waals surface area contributed by atoms with Gasteiger partial charge in [0.15, 0.2) is 5.78 Å². The lowest BCUT2D eigenvalue weighted by atomic mass is 9.83. The van der Waals surface area contributed by atoms with Crippen molar-refractivity contribution < 1.29 is 23.2 Å². The number of imide groups is 1. The van der Waals surface area contributed by atoms with E-state index in [-0.39, 0.29) is 11.3 Å². The van der Waals surface area contributed by atoms with Gasteiger partial charge in [-0.15, -0.1) is 0 Å². The maximum atomic E-state index is 13.7. The number of nitrogens with zero attached hydrogens (tertiary/aromatic N) is 3. The number of ketones is 1. The van der Waals surface area contributed by atoms with Crippen LogP contribution in [0.2, 0.25) is 0 Å². The van der Waals surface area contributed by atoms with Gasteiger partial charge in [0.1, 0.15) is 17.7 Å². The maximum Gasteiger partial charge on any atom is 0.240 e. The summed E-state index contributed by atoms with van der Waals surface area (Å²) < 4.78 is 27.0. The molecule has 34 heavy (non-hydrogen) atoms. The van der Waals surface area contributed by atoms with Crippen LogP contribution >= 0.6 is 0 Å². The molecule has 0 aliphatic carbocycles. The summed E-state index contributed by atoms with van der Waals surface area (Å²) in [6, 6.07) is 15.9. The predicted molar refractivity (Wildman–Crippen MR) is 119 cm³/mol. The van der Waals surface area contributed by atoms with Crippen molar-refractivity contribution in [2.45, 2.75) is 12.1 Å². The summed E-state index contributed by atoms with van der Waals surface area (Å²) in [4.78, 5) is 42.0. The largest absolute Gasteiger partial charge is 0.292 e. The third-order valence-electron chi connectivity index (χ3n) is 6.78. The van der Waals surface area contributed by atoms with E-state index < -0.39 is 53.2 Å². The molecule has 2 amide bonds. The molecule has 0 unspecified atom stereocenters. The Morgan fingerprint density at radius 1 is 0.794 bits per heavy atom. The summed E-state index contributed by atoms with van der Waals surface area (Å²) in [6.45, 7) is 0. The number of carbonyl (C=O) groups is 3. The van der Waals surface area contributed by atoms with E-state index in [1.807, 2.05) is 24.3 Å². The average Bonchev–Trinajstić information content (AvgIpc) is 3.32. The molecule has 0 bridgehead atoms. The third kappa shape index (κ3) is 2.84. The quantitative estimate of drug-likeness (QED) is 0.444. The molecule has 6 rings (SSSR count). The summed E-state index contributed by atoms with van der Waals surface area (Å²) in [6.07, 6.45) is 1.62. The van der Waals surface area contributed by atoms with Crippen LogP contribution in [0.25, 0.3) is 0 Å². The fourth-order valence-electron chi connectivity index (χ4n) is 5.30. The van der Waals surface area contributed by atoms with Crippen molar-refractivity contribution in [1.82, 2.24) is 5.01 Å². The summed E-state index contributed by atoms with van der Waals surface area (Å²) >= 11 is 0. The van der Waals surface area contributed by atoms with Gasteiger partial charge in [-0.25, -0.2) is 13.7 Å². The lowest BCUT2D eigenvalue weighted by Crippen LogP contribution is -2.44. The second-order valence-electron chi connectivity index (χ2n) is 8.55. The van der Waals surface area contributed by atoms with Crippen molar-refractivity contribution in [3.05, 3.63) is 101 Å². The van der Waals surface area contributed by atoms with Gasteiger partial charge in [-0.2, -0.15) is 5.10 Å². The van der Waals surface area contributed by atoms with Crippen molar-refractivity contribution in [3.63, 3.8) is 0 Å². The molecule has 0 spiro atoms. The summed E-state index contributed by atoms with van der Waals surface area (Å²) in [5, 5.41) is 6.02. The Hall–Kier alpha value is -4.20. The Bertz CT molecular complexity index is 1370. The van der Waals surface area contributed by atoms with Crippen molar-refractivity contribution in [1.29, 1.82) is 0 Å². The average molecular weight is 457 g/mol. The van der Waals surface area contributed by atoms with E-state index in [1.54, 1.807) is 11.2 Å². The Kier molecular flexibility index (Phi) is 4.45. The van der Waals surface area contributed by atoms with E-state index in [1.165, 1.54) is 48.5 Å². The fourth-order valence-corrected chi connectivity index (χ4v) is 5.30. The van der Waals surface area contributed by atoms with Crippen LogP contribution in [0.4, 0.5) is 14.5 Å². The number of hydrogen-bond acceptors (Lipinski definition) is 5. The molecule has 3 heterocycles. The molecule has 3 aliphatic rings. The topological polar surface area (TPSA) is 70.0 Å². The standard InChI is InChI=1S/C26H17F2N3O3/c27-16-7-5-14(6-8-16)24(32)23-21-20(22-19-4-2-1-3-15(19)13-29-31(22)23)25(33)30(26(21)34)18-11-9-17(28)10-12-18/h1-13,20-23H/t20-,21-,22-,23+/m1/s1. The Balaban J connectivity index is 1.49. The van der Waals surface area contributed by atoms with E-state index in [2.05, 4.69) is 5.10 Å². The smallest absolute Gasteiger partial charge is 0.240 e. The van der Waals surface area contributed by atoms with Gasteiger partial charge < -0.3 is 0 Å². The van der Waals surface area contributed by atoms with Crippen LogP contribution < -0.4 is 4.90 Å². The highest BCUT2D eigenvalue weighted by Gasteiger charge is 2.65. The molecule has 2 saturated heterocycles. The molecule has 6 nitrogen and oxygen atoms in total. The Labute approximate surface area is 193 Å². The predicted octanol–water partition coefficient (Wildman–Crippen LogP) is 3.73. The lowest BCUT2D eigenvalue weighted by molar-refractivity contribution is -0.124. The van der Waals surface area contributed by atoms with Crippen molar-refractivity contribution in [3.8, 4) is 0 Å². The molecule has 3 aliphatic heterocycles. The Morgan fingerprint density at radius 3 is 2.12 bits per heavy atom. The first kappa shape index (κ1) is 20.4. The van der Waals surface area contributed by atoms with Gasteiger partial charge in [-0.05, 0) is 59.7 Å². The molecule has 3 aromatic rings. The minimum atomic E-state index is -1.05. The zero-order valence-electron chi connectivity index (χ0n) is 17.6. The van der Waals surface area contributed by atoms with E-state index in [9.17, 15) is 23.2 Å². The second kappa shape index (κ2) is 7.41. The lowest BCUT2D eigenvalue weighted by Gasteiger charge is -2.33. The van der Waals surface area contributed by atoms with Crippen LogP contribution in [0, 0.1) is 23.5 Å². The fraction of sp³-hybridized carbons (Fsp3) is 0.154. The third-order valence-corrected chi connectivity index (χ3v) is 6.78. The number of fused-ring (bicyclic) bond motifs is 5. The number of benzene rings is 3. The molecule has 4 atom stereocenters. The van der Waals surface area contributed by atoms with Crippen molar-refractivity contribution in [2.24, 2.45) is 16.9 Å². The molecule has 0 aromatic heterocycles. The molecular weight excluding hydrogens is 440 g/mol. The number of carbonyl (C=O) groups excluding carboxylic acids is 3. The summed E-state index contributed by atoms with van der Waals surface area (Å²) in [7, 11) is 0. The van der Waals surface area contributed by atoms with Gasteiger partial charge in [0.25, 0.3) is 0 Å². The first-order valence-electron chi connectivity index (χ1n) is 10.8. The number of hydrogen-bond donors (Lipinski definition) is 0. The SMILES string of the molecule is O=C(c1ccc(F)cc1)[C@@H]1[C@@H]2C(=O)N(c3ccc(F)cc3)C(=O)[C@H]2[C@H]2c3ccccc3C=NN12. The van der Waals surface area contributed by atoms with E-state index in [0.717, 1.165) is 16.0 Å². The molecule has 168 valence electrons. The Morgan fingerprint density at radius 2 is 1.41 bits per heavy atom. The molecule has 8 heteroatoms. The van der Waals surface area contributed by atoms with Crippen LogP contribution in [0.15, 0.2) is 77.9 Å². The summed E-state index contributed by atoms with van der Waals surface area (Å²) in [5.74, 6) is -4.25. The highest BCUT2D eigenvalue weighted by Crippen LogP contribution is 2.53. The molecule has 0 N–H and O–H groups in total.